The Morgan fingerprint density at radius 3 is 1.89 bits per heavy atom. The summed E-state index contributed by atoms with van der Waals surface area (Å²) in [5, 5.41) is 5.48. The van der Waals surface area contributed by atoms with Crippen LogP contribution in [0.2, 0.25) is 0 Å². The molecule has 0 rings (SSSR count). The van der Waals surface area contributed by atoms with E-state index in [-0.39, 0.29) is 29.7 Å². The van der Waals surface area contributed by atoms with E-state index in [0.717, 1.165) is 0 Å². The Labute approximate surface area is 115 Å². The fourth-order valence-corrected chi connectivity index (χ4v) is 1.72. The highest BCUT2D eigenvalue weighted by molar-refractivity contribution is 5.87. The highest BCUT2D eigenvalue weighted by atomic mass is 16.2. The van der Waals surface area contributed by atoms with E-state index in [4.69, 9.17) is 0 Å². The van der Waals surface area contributed by atoms with E-state index in [2.05, 4.69) is 10.6 Å². The average molecular weight is 270 g/mol. The molecule has 0 fully saturated rings. The Hall–Kier alpha value is -1.39. The zero-order chi connectivity index (χ0) is 15.3. The minimum Gasteiger partial charge on any atom is -0.351 e. The van der Waals surface area contributed by atoms with Gasteiger partial charge in [-0.15, -0.1) is 0 Å². The predicted octanol–water partition coefficient (Wildman–Crippen LogP) is 1.41. The van der Waals surface area contributed by atoms with Crippen LogP contribution in [0.3, 0.4) is 0 Å². The summed E-state index contributed by atoms with van der Waals surface area (Å²) in [7, 11) is 0. The summed E-state index contributed by atoms with van der Waals surface area (Å²) in [6.07, 6.45) is 1.32. The molecular formula is C14H26N2O3. The second-order valence-electron chi connectivity index (χ2n) is 6.33. The summed E-state index contributed by atoms with van der Waals surface area (Å²) in [4.78, 5) is 33.9. The summed E-state index contributed by atoms with van der Waals surface area (Å²) in [5.41, 5.74) is -0.908. The molecule has 0 aromatic carbocycles. The third kappa shape index (κ3) is 7.59. The maximum Gasteiger partial charge on any atom is 0.226 e. The third-order valence-corrected chi connectivity index (χ3v) is 3.00. The lowest BCUT2D eigenvalue weighted by Crippen LogP contribution is -2.45. The molecule has 0 radical (unpaired) electrons. The summed E-state index contributed by atoms with van der Waals surface area (Å²) in [6, 6.07) is 0. The van der Waals surface area contributed by atoms with Crippen molar-refractivity contribution in [3.05, 3.63) is 0 Å². The van der Waals surface area contributed by atoms with Crippen LogP contribution in [0.1, 0.15) is 54.4 Å². The topological polar surface area (TPSA) is 75.3 Å². The third-order valence-electron chi connectivity index (χ3n) is 3.00. The number of rotatable bonds is 7. The minimum atomic E-state index is -0.564. The average Bonchev–Trinajstić information content (AvgIpc) is 2.21. The Balaban J connectivity index is 4.39. The molecule has 0 unspecified atom stereocenters. The lowest BCUT2D eigenvalue weighted by atomic mass is 9.82. The lowest BCUT2D eigenvalue weighted by Gasteiger charge is -2.30. The highest BCUT2D eigenvalue weighted by Gasteiger charge is 2.30. The second-order valence-corrected chi connectivity index (χ2v) is 6.33. The van der Waals surface area contributed by atoms with Gasteiger partial charge in [0, 0.05) is 17.9 Å². The molecule has 0 spiro atoms. The number of hydrogen-bond acceptors (Lipinski definition) is 3. The number of ketones is 1. The molecule has 0 aliphatic carbocycles. The normalized spacial score (nSPS) is 11.9. The summed E-state index contributed by atoms with van der Waals surface area (Å²) in [5.74, 6) is -0.284. The van der Waals surface area contributed by atoms with Gasteiger partial charge in [-0.3, -0.25) is 14.4 Å². The molecule has 5 nitrogen and oxygen atoms in total. The number of carbonyl (C=O) groups excluding carboxylic acids is 3. The Morgan fingerprint density at radius 2 is 1.47 bits per heavy atom. The summed E-state index contributed by atoms with van der Waals surface area (Å²) >= 11 is 0. The number of carbonyl (C=O) groups is 3. The van der Waals surface area contributed by atoms with Crippen molar-refractivity contribution in [2.45, 2.75) is 59.9 Å². The standard InChI is InChI=1S/C14H26N2O3/c1-10(17)9-15-12(19)13(3,4)7-8-14(5,6)16-11(2)18/h7-9H2,1-6H3,(H,15,19)(H,16,18). The van der Waals surface area contributed by atoms with E-state index in [1.54, 1.807) is 0 Å². The van der Waals surface area contributed by atoms with Crippen molar-refractivity contribution in [3.63, 3.8) is 0 Å². The quantitative estimate of drug-likeness (QED) is 0.734. The number of hydrogen-bond donors (Lipinski definition) is 2. The maximum atomic E-state index is 12.0. The van der Waals surface area contributed by atoms with E-state index in [9.17, 15) is 14.4 Å². The number of Topliss-reactive ketones (excluding diaryl/α,β-unsaturated/α-hetero) is 1. The second kappa shape index (κ2) is 6.68. The first-order valence-corrected chi connectivity index (χ1v) is 6.53. The van der Waals surface area contributed by atoms with Crippen molar-refractivity contribution < 1.29 is 14.4 Å². The minimum absolute atomic E-state index is 0.0668. The molecule has 0 aromatic heterocycles. The zero-order valence-electron chi connectivity index (χ0n) is 12.8. The molecule has 0 saturated heterocycles. The van der Waals surface area contributed by atoms with Crippen LogP contribution in [0.4, 0.5) is 0 Å². The Kier molecular flexibility index (Phi) is 6.19. The zero-order valence-corrected chi connectivity index (χ0v) is 12.8. The van der Waals surface area contributed by atoms with E-state index in [1.165, 1.54) is 13.8 Å². The molecule has 19 heavy (non-hydrogen) atoms. The molecule has 0 bridgehead atoms. The van der Waals surface area contributed by atoms with Crippen LogP contribution in [-0.4, -0.2) is 29.7 Å². The molecule has 0 atom stereocenters. The first-order chi connectivity index (χ1) is 8.46. The fraction of sp³-hybridized carbons (Fsp3) is 0.786. The van der Waals surface area contributed by atoms with Gasteiger partial charge in [0.15, 0.2) is 0 Å². The van der Waals surface area contributed by atoms with Gasteiger partial charge in [-0.25, -0.2) is 0 Å². The molecule has 0 heterocycles. The smallest absolute Gasteiger partial charge is 0.226 e. The van der Waals surface area contributed by atoms with Gasteiger partial charge >= 0.3 is 0 Å². The largest absolute Gasteiger partial charge is 0.351 e. The van der Waals surface area contributed by atoms with Crippen molar-refractivity contribution in [2.24, 2.45) is 5.41 Å². The Morgan fingerprint density at radius 1 is 0.947 bits per heavy atom. The number of amides is 2. The molecule has 110 valence electrons. The molecule has 2 N–H and O–H groups in total. The van der Waals surface area contributed by atoms with Crippen molar-refractivity contribution >= 4 is 17.6 Å². The maximum absolute atomic E-state index is 12.0. The van der Waals surface area contributed by atoms with Crippen LogP contribution in [0.25, 0.3) is 0 Å². The van der Waals surface area contributed by atoms with E-state index >= 15 is 0 Å². The van der Waals surface area contributed by atoms with Crippen LogP contribution >= 0.6 is 0 Å². The van der Waals surface area contributed by atoms with Crippen LogP contribution in [0.5, 0.6) is 0 Å². The molecule has 0 aromatic rings. The molecule has 0 saturated carbocycles. The predicted molar refractivity (Wildman–Crippen MR) is 74.6 cm³/mol. The summed E-state index contributed by atoms with van der Waals surface area (Å²) in [6.45, 7) is 10.5. The van der Waals surface area contributed by atoms with Gasteiger partial charge in [0.1, 0.15) is 5.78 Å². The number of nitrogens with one attached hydrogen (secondary N) is 2. The van der Waals surface area contributed by atoms with Gasteiger partial charge in [0.05, 0.1) is 6.54 Å². The molecule has 5 heteroatoms. The Bertz CT molecular complexity index is 360. The molecular weight excluding hydrogens is 244 g/mol. The van der Waals surface area contributed by atoms with Crippen LogP contribution in [-0.2, 0) is 14.4 Å². The van der Waals surface area contributed by atoms with Gasteiger partial charge in [0.2, 0.25) is 11.8 Å². The lowest BCUT2D eigenvalue weighted by molar-refractivity contribution is -0.131. The van der Waals surface area contributed by atoms with E-state index < -0.39 is 5.41 Å². The monoisotopic (exact) mass is 270 g/mol. The van der Waals surface area contributed by atoms with E-state index in [0.29, 0.717) is 12.8 Å². The van der Waals surface area contributed by atoms with Gasteiger partial charge in [-0.1, -0.05) is 13.8 Å². The van der Waals surface area contributed by atoms with Crippen molar-refractivity contribution in [1.82, 2.24) is 10.6 Å². The van der Waals surface area contributed by atoms with Crippen molar-refractivity contribution in [2.75, 3.05) is 6.54 Å². The first kappa shape index (κ1) is 17.6. The van der Waals surface area contributed by atoms with Crippen LogP contribution in [0, 0.1) is 5.41 Å². The SMILES string of the molecule is CC(=O)CNC(=O)C(C)(C)CCC(C)(C)NC(C)=O. The van der Waals surface area contributed by atoms with Crippen molar-refractivity contribution in [3.8, 4) is 0 Å². The summed E-state index contributed by atoms with van der Waals surface area (Å²) < 4.78 is 0. The van der Waals surface area contributed by atoms with Crippen molar-refractivity contribution in [1.29, 1.82) is 0 Å². The first-order valence-electron chi connectivity index (χ1n) is 6.53. The van der Waals surface area contributed by atoms with E-state index in [1.807, 2.05) is 27.7 Å². The molecule has 0 aliphatic heterocycles. The van der Waals surface area contributed by atoms with Gasteiger partial charge in [-0.05, 0) is 33.6 Å². The molecule has 0 aliphatic rings. The van der Waals surface area contributed by atoms with Gasteiger partial charge in [0.25, 0.3) is 0 Å². The van der Waals surface area contributed by atoms with Crippen LogP contribution < -0.4 is 10.6 Å². The van der Waals surface area contributed by atoms with Gasteiger partial charge in [-0.2, -0.15) is 0 Å². The van der Waals surface area contributed by atoms with Crippen LogP contribution in [0.15, 0.2) is 0 Å². The highest BCUT2D eigenvalue weighted by Crippen LogP contribution is 2.26. The van der Waals surface area contributed by atoms with Gasteiger partial charge < -0.3 is 10.6 Å². The fourth-order valence-electron chi connectivity index (χ4n) is 1.72. The molecule has 2 amide bonds.